The van der Waals surface area contributed by atoms with Crippen molar-refractivity contribution < 1.29 is 14.3 Å². The number of nitrogen functional groups attached to an aromatic ring is 1. The Morgan fingerprint density at radius 3 is 2.56 bits per heavy atom. The van der Waals surface area contributed by atoms with Crippen LogP contribution >= 0.6 is 0 Å². The lowest BCUT2D eigenvalue weighted by Crippen LogP contribution is -2.34. The maximum atomic E-state index is 11.8. The minimum absolute atomic E-state index is 0.0148. The summed E-state index contributed by atoms with van der Waals surface area (Å²) in [4.78, 5) is 13.5. The van der Waals surface area contributed by atoms with Gasteiger partial charge in [0.15, 0.2) is 6.61 Å². The molecule has 0 saturated heterocycles. The number of methoxy groups -OCH3 is 1. The minimum atomic E-state index is -0.0535. The molecule has 2 N–H and O–H groups in total. The molecule has 18 heavy (non-hydrogen) atoms. The maximum absolute atomic E-state index is 11.8. The molecule has 1 aromatic rings. The van der Waals surface area contributed by atoms with Crippen molar-refractivity contribution in [3.63, 3.8) is 0 Å². The van der Waals surface area contributed by atoms with Gasteiger partial charge in [0.2, 0.25) is 0 Å². The molecule has 0 radical (unpaired) electrons. The van der Waals surface area contributed by atoms with Crippen molar-refractivity contribution in [2.75, 3.05) is 32.5 Å². The number of nitrogens with zero attached hydrogens (tertiary/aromatic N) is 1. The number of rotatable bonds is 6. The molecule has 5 nitrogen and oxygen atoms in total. The molecule has 1 amide bonds. The smallest absolute Gasteiger partial charge is 0.260 e. The molecule has 0 spiro atoms. The number of anilines is 1. The van der Waals surface area contributed by atoms with Gasteiger partial charge in [0, 0.05) is 19.2 Å². The van der Waals surface area contributed by atoms with E-state index in [4.69, 9.17) is 15.2 Å². The molecule has 0 fully saturated rings. The van der Waals surface area contributed by atoms with Crippen molar-refractivity contribution in [2.24, 2.45) is 0 Å². The van der Waals surface area contributed by atoms with Gasteiger partial charge >= 0.3 is 0 Å². The molecular weight excluding hydrogens is 232 g/mol. The van der Waals surface area contributed by atoms with Gasteiger partial charge in [-0.05, 0) is 26.0 Å². The number of hydrogen-bond acceptors (Lipinski definition) is 4. The summed E-state index contributed by atoms with van der Waals surface area (Å²) in [5.74, 6) is 1.06. The first kappa shape index (κ1) is 14.2. The van der Waals surface area contributed by atoms with Crippen molar-refractivity contribution in [3.8, 4) is 11.5 Å². The highest BCUT2D eigenvalue weighted by Gasteiger charge is 2.11. The Morgan fingerprint density at radius 1 is 1.33 bits per heavy atom. The lowest BCUT2D eigenvalue weighted by molar-refractivity contribution is -0.132. The Labute approximate surface area is 107 Å². The largest absolute Gasteiger partial charge is 0.497 e. The Balaban J connectivity index is 2.65. The van der Waals surface area contributed by atoms with Gasteiger partial charge in [-0.1, -0.05) is 0 Å². The molecule has 0 bridgehead atoms. The summed E-state index contributed by atoms with van der Waals surface area (Å²) in [6.07, 6.45) is 0. The molecule has 0 saturated carbocycles. The fourth-order valence-electron chi connectivity index (χ4n) is 1.57. The summed E-state index contributed by atoms with van der Waals surface area (Å²) in [6.45, 7) is 5.19. The predicted molar refractivity (Wildman–Crippen MR) is 70.8 cm³/mol. The Hall–Kier alpha value is -1.91. The van der Waals surface area contributed by atoms with Crippen molar-refractivity contribution in [3.05, 3.63) is 18.2 Å². The van der Waals surface area contributed by atoms with Crippen molar-refractivity contribution in [1.29, 1.82) is 0 Å². The number of benzene rings is 1. The van der Waals surface area contributed by atoms with Gasteiger partial charge in [0.25, 0.3) is 5.91 Å². The van der Waals surface area contributed by atoms with Crippen LogP contribution in [0.25, 0.3) is 0 Å². The van der Waals surface area contributed by atoms with Crippen molar-refractivity contribution >= 4 is 11.6 Å². The summed E-state index contributed by atoms with van der Waals surface area (Å²) in [7, 11) is 1.57. The number of likely N-dealkylation sites (N-methyl/N-ethyl adjacent to an activating group) is 1. The molecule has 1 aromatic carbocycles. The first-order chi connectivity index (χ1) is 8.62. The van der Waals surface area contributed by atoms with E-state index in [9.17, 15) is 4.79 Å². The SMILES string of the molecule is CCN(CC)C(=O)COc1cc(OC)ccc1N. The summed E-state index contributed by atoms with van der Waals surface area (Å²) < 4.78 is 10.5. The van der Waals surface area contributed by atoms with Crippen LogP contribution < -0.4 is 15.2 Å². The number of nitrogens with two attached hydrogens (primary N) is 1. The Kier molecular flexibility index (Phi) is 5.30. The van der Waals surface area contributed by atoms with Crippen molar-refractivity contribution in [1.82, 2.24) is 4.90 Å². The second-order valence-corrected chi connectivity index (χ2v) is 3.76. The van der Waals surface area contributed by atoms with Crippen LogP contribution in [0.2, 0.25) is 0 Å². The van der Waals surface area contributed by atoms with Crippen molar-refractivity contribution in [2.45, 2.75) is 13.8 Å². The van der Waals surface area contributed by atoms with E-state index in [1.54, 1.807) is 30.2 Å². The van der Waals surface area contributed by atoms with E-state index in [0.29, 0.717) is 30.3 Å². The van der Waals surface area contributed by atoms with Crippen LogP contribution in [-0.2, 0) is 4.79 Å². The van der Waals surface area contributed by atoms with Crippen LogP contribution in [-0.4, -0.2) is 37.6 Å². The summed E-state index contributed by atoms with van der Waals surface area (Å²) >= 11 is 0. The van der Waals surface area contributed by atoms with Gasteiger partial charge in [-0.15, -0.1) is 0 Å². The summed E-state index contributed by atoms with van der Waals surface area (Å²) in [6, 6.07) is 5.11. The average Bonchev–Trinajstić information content (AvgIpc) is 2.39. The molecule has 0 aliphatic carbocycles. The van der Waals surface area contributed by atoms with E-state index >= 15 is 0 Å². The van der Waals surface area contributed by atoms with Crippen LogP contribution in [0.4, 0.5) is 5.69 Å². The average molecular weight is 252 g/mol. The molecule has 0 unspecified atom stereocenters. The van der Waals surface area contributed by atoms with Crippen LogP contribution in [0.1, 0.15) is 13.8 Å². The van der Waals surface area contributed by atoms with Crippen LogP contribution in [0.5, 0.6) is 11.5 Å². The maximum Gasteiger partial charge on any atom is 0.260 e. The van der Waals surface area contributed by atoms with E-state index in [0.717, 1.165) is 0 Å². The van der Waals surface area contributed by atoms with E-state index in [2.05, 4.69) is 0 Å². The lowest BCUT2D eigenvalue weighted by Gasteiger charge is -2.19. The summed E-state index contributed by atoms with van der Waals surface area (Å²) in [5, 5.41) is 0. The normalized spacial score (nSPS) is 9.94. The number of ether oxygens (including phenoxy) is 2. The molecular formula is C13H20N2O3. The number of hydrogen-bond donors (Lipinski definition) is 1. The zero-order chi connectivity index (χ0) is 13.5. The summed E-state index contributed by atoms with van der Waals surface area (Å²) in [5.41, 5.74) is 6.26. The van der Waals surface area contributed by atoms with Gasteiger partial charge in [-0.25, -0.2) is 0 Å². The Morgan fingerprint density at radius 2 is 2.00 bits per heavy atom. The highest BCUT2D eigenvalue weighted by Crippen LogP contribution is 2.26. The van der Waals surface area contributed by atoms with E-state index in [1.165, 1.54) is 0 Å². The quantitative estimate of drug-likeness (QED) is 0.780. The fourth-order valence-corrected chi connectivity index (χ4v) is 1.57. The monoisotopic (exact) mass is 252 g/mol. The highest BCUT2D eigenvalue weighted by atomic mass is 16.5. The van der Waals surface area contributed by atoms with E-state index in [1.807, 2.05) is 13.8 Å². The van der Waals surface area contributed by atoms with Crippen LogP contribution in [0, 0.1) is 0 Å². The van der Waals surface area contributed by atoms with Gasteiger partial charge in [0.05, 0.1) is 12.8 Å². The molecule has 1 rings (SSSR count). The lowest BCUT2D eigenvalue weighted by atomic mass is 10.3. The third-order valence-corrected chi connectivity index (χ3v) is 2.69. The molecule has 100 valence electrons. The first-order valence-electron chi connectivity index (χ1n) is 5.96. The molecule has 0 atom stereocenters. The van der Waals surface area contributed by atoms with E-state index < -0.39 is 0 Å². The molecule has 5 heteroatoms. The van der Waals surface area contributed by atoms with Gasteiger partial charge in [-0.2, -0.15) is 0 Å². The standard InChI is InChI=1S/C13H20N2O3/c1-4-15(5-2)13(16)9-18-12-8-10(17-3)6-7-11(12)14/h6-8H,4-5,9,14H2,1-3H3. The molecule has 0 heterocycles. The highest BCUT2D eigenvalue weighted by molar-refractivity contribution is 5.78. The second kappa shape index (κ2) is 6.74. The molecule has 0 aliphatic heterocycles. The third kappa shape index (κ3) is 3.55. The zero-order valence-electron chi connectivity index (χ0n) is 11.1. The van der Waals surface area contributed by atoms with E-state index in [-0.39, 0.29) is 12.5 Å². The fraction of sp³-hybridized carbons (Fsp3) is 0.462. The Bertz CT molecular complexity index is 403. The second-order valence-electron chi connectivity index (χ2n) is 3.76. The number of amides is 1. The first-order valence-corrected chi connectivity index (χ1v) is 5.96. The third-order valence-electron chi connectivity index (χ3n) is 2.69. The minimum Gasteiger partial charge on any atom is -0.497 e. The molecule has 0 aliphatic rings. The van der Waals surface area contributed by atoms with Gasteiger partial charge < -0.3 is 20.1 Å². The number of carbonyl (C=O) groups excluding carboxylic acids is 1. The van der Waals surface area contributed by atoms with Gasteiger partial charge in [-0.3, -0.25) is 4.79 Å². The zero-order valence-corrected chi connectivity index (χ0v) is 11.1. The van der Waals surface area contributed by atoms with Gasteiger partial charge in [0.1, 0.15) is 11.5 Å². The number of carbonyl (C=O) groups is 1. The van der Waals surface area contributed by atoms with Crippen LogP contribution in [0.3, 0.4) is 0 Å². The predicted octanol–water partition coefficient (Wildman–Crippen LogP) is 1.52. The molecule has 0 aromatic heterocycles. The topological polar surface area (TPSA) is 64.8 Å². The van der Waals surface area contributed by atoms with Crippen LogP contribution in [0.15, 0.2) is 18.2 Å².